The van der Waals surface area contributed by atoms with Crippen molar-refractivity contribution in [3.8, 4) is 11.3 Å². The fraction of sp³-hybridized carbons (Fsp3) is 0.172. The minimum Gasteiger partial charge on any atom is -0.262 e. The quantitative estimate of drug-likeness (QED) is 0.472. The van der Waals surface area contributed by atoms with Gasteiger partial charge in [0, 0.05) is 23.2 Å². The van der Waals surface area contributed by atoms with Gasteiger partial charge in [-0.05, 0) is 114 Å². The van der Waals surface area contributed by atoms with E-state index >= 15 is 0 Å². The van der Waals surface area contributed by atoms with Gasteiger partial charge in [0.15, 0.2) is 0 Å². The Hall–Kier alpha value is -1.90. The molecule has 3 aromatic rings. The molecule has 3 aliphatic rings. The predicted octanol–water partition coefficient (Wildman–Crippen LogP) is 5.48. The summed E-state index contributed by atoms with van der Waals surface area (Å²) in [5, 5.41) is 5.10. The van der Waals surface area contributed by atoms with Crippen molar-refractivity contribution < 1.29 is 17.1 Å². The maximum absolute atomic E-state index is 5.10. The first-order chi connectivity index (χ1) is 15.7. The topological polar surface area (TPSA) is 30.7 Å². The number of hydrogen-bond acceptors (Lipinski definition) is 2. The molecule has 0 spiro atoms. The summed E-state index contributed by atoms with van der Waals surface area (Å²) >= 11 is 0. The number of nitrogens with zero attached hydrogens (tertiary/aromatic N) is 3. The molecule has 0 N–H and O–H groups in total. The SMILES string of the molecule is Cc1cc(C)c2c(c1)-c1nn(Cc3ccccn3)c([C]3[CH][CH][CH][CH]3)c1CC2.[CH]1[CH][CH][CH][CH]1.[Fe+2]. The Balaban J connectivity index is 0.000000385. The van der Waals surface area contributed by atoms with Crippen LogP contribution in [0.4, 0.5) is 0 Å². The van der Waals surface area contributed by atoms with Gasteiger partial charge in [-0.2, -0.15) is 5.10 Å². The summed E-state index contributed by atoms with van der Waals surface area (Å²) in [5.41, 5.74) is 10.2. The second-order valence-electron chi connectivity index (χ2n) is 8.40. The molecular weight excluding hydrogens is 446 g/mol. The maximum atomic E-state index is 5.10. The van der Waals surface area contributed by atoms with E-state index in [2.05, 4.69) is 67.4 Å². The molecule has 4 heteroatoms. The maximum Gasteiger partial charge on any atom is 2.00 e. The molecule has 0 bridgehead atoms. The summed E-state index contributed by atoms with van der Waals surface area (Å²) in [4.78, 5) is 4.51. The van der Waals surface area contributed by atoms with Crippen LogP contribution >= 0.6 is 0 Å². The van der Waals surface area contributed by atoms with Crippen LogP contribution in [0.2, 0.25) is 0 Å². The number of aryl methyl sites for hydroxylation is 2. The third-order valence-corrected chi connectivity index (χ3v) is 6.08. The zero-order chi connectivity index (χ0) is 21.9. The van der Waals surface area contributed by atoms with Crippen LogP contribution in [0.25, 0.3) is 11.3 Å². The van der Waals surface area contributed by atoms with E-state index < -0.39 is 0 Å². The van der Waals surface area contributed by atoms with Gasteiger partial charge in [0.05, 0.1) is 23.6 Å². The van der Waals surface area contributed by atoms with Gasteiger partial charge in [-0.15, -0.1) is 0 Å². The molecule has 0 amide bonds. The van der Waals surface area contributed by atoms with Gasteiger partial charge in [-0.1, -0.05) is 17.7 Å². The first-order valence-electron chi connectivity index (χ1n) is 11.2. The van der Waals surface area contributed by atoms with Gasteiger partial charge < -0.3 is 0 Å². The van der Waals surface area contributed by atoms with Crippen molar-refractivity contribution in [2.75, 3.05) is 0 Å². The van der Waals surface area contributed by atoms with Crippen LogP contribution < -0.4 is 0 Å². The van der Waals surface area contributed by atoms with Gasteiger partial charge in [-0.3, -0.25) is 9.67 Å². The average molecular weight is 473 g/mol. The Kier molecular flexibility index (Phi) is 8.09. The van der Waals surface area contributed by atoms with E-state index in [0.717, 1.165) is 24.2 Å². The monoisotopic (exact) mass is 473 g/mol. The molecule has 2 fully saturated rings. The largest absolute Gasteiger partial charge is 2.00 e. The Morgan fingerprint density at radius 1 is 0.848 bits per heavy atom. The molecule has 3 aliphatic carbocycles. The Bertz CT molecular complexity index is 1050. The minimum atomic E-state index is 0. The summed E-state index contributed by atoms with van der Waals surface area (Å²) in [6, 6.07) is 10.6. The molecule has 2 saturated carbocycles. The smallest absolute Gasteiger partial charge is 0.262 e. The Labute approximate surface area is 209 Å². The second-order valence-corrected chi connectivity index (χ2v) is 8.40. The van der Waals surface area contributed by atoms with Crippen LogP contribution in [-0.4, -0.2) is 14.8 Å². The molecule has 10 radical (unpaired) electrons. The van der Waals surface area contributed by atoms with Crippen molar-refractivity contribution in [3.63, 3.8) is 0 Å². The van der Waals surface area contributed by atoms with E-state index in [-0.39, 0.29) is 17.1 Å². The Morgan fingerprint density at radius 2 is 1.55 bits per heavy atom. The molecule has 3 nitrogen and oxygen atoms in total. The average Bonchev–Trinajstić information content (AvgIpc) is 3.57. The fourth-order valence-electron chi connectivity index (χ4n) is 4.68. The molecule has 2 aromatic heterocycles. The van der Waals surface area contributed by atoms with Gasteiger partial charge in [-0.25, -0.2) is 0 Å². The molecular formula is C29H27FeN3+2. The van der Waals surface area contributed by atoms with E-state index in [1.54, 1.807) is 0 Å². The molecule has 0 aliphatic heterocycles. The van der Waals surface area contributed by atoms with Crippen LogP contribution in [0.15, 0.2) is 36.5 Å². The summed E-state index contributed by atoms with van der Waals surface area (Å²) < 4.78 is 2.15. The van der Waals surface area contributed by atoms with Crippen LogP contribution in [0.5, 0.6) is 0 Å². The summed E-state index contributed by atoms with van der Waals surface area (Å²) in [6.45, 7) is 5.08. The first-order valence-corrected chi connectivity index (χ1v) is 11.2. The van der Waals surface area contributed by atoms with Crippen LogP contribution in [0.3, 0.4) is 0 Å². The van der Waals surface area contributed by atoms with Crippen molar-refractivity contribution >= 4 is 0 Å². The van der Waals surface area contributed by atoms with Crippen molar-refractivity contribution in [1.29, 1.82) is 0 Å². The van der Waals surface area contributed by atoms with Gasteiger partial charge in [0.25, 0.3) is 0 Å². The van der Waals surface area contributed by atoms with E-state index in [1.165, 1.54) is 39.4 Å². The second kappa shape index (κ2) is 11.0. The minimum absolute atomic E-state index is 0. The third kappa shape index (κ3) is 5.28. The standard InChI is InChI=1S/C24H22N3.C5H5.Fe/c1-16-13-17(2)20-10-11-21-23(22(20)14-16)26-27(15-19-9-5-6-12-25-19)24(21)18-7-3-4-8-18;1-2-4-5-3-1;/h3-9,12-14H,10-11,15H2,1-2H3;1-5H;/q;;+2. The van der Waals surface area contributed by atoms with Crippen LogP contribution in [-0.2, 0) is 36.5 Å². The number of hydrogen-bond donors (Lipinski definition) is 0. The number of fused-ring (bicyclic) bond motifs is 3. The molecule has 6 rings (SSSR count). The zero-order valence-corrected chi connectivity index (χ0v) is 20.1. The molecule has 2 heterocycles. The zero-order valence-electron chi connectivity index (χ0n) is 19.0. The first kappa shape index (κ1) is 24.2. The number of rotatable bonds is 3. The molecule has 0 atom stereocenters. The van der Waals surface area contributed by atoms with Crippen molar-refractivity contribution in [2.45, 2.75) is 33.2 Å². The Morgan fingerprint density at radius 3 is 2.21 bits per heavy atom. The fourth-order valence-corrected chi connectivity index (χ4v) is 4.68. The predicted molar refractivity (Wildman–Crippen MR) is 129 cm³/mol. The normalized spacial score (nSPS) is 17.0. The molecule has 33 heavy (non-hydrogen) atoms. The molecule has 164 valence electrons. The van der Waals surface area contributed by atoms with Gasteiger partial charge >= 0.3 is 17.1 Å². The van der Waals surface area contributed by atoms with E-state index in [9.17, 15) is 0 Å². The summed E-state index contributed by atoms with van der Waals surface area (Å²) in [7, 11) is 0. The van der Waals surface area contributed by atoms with Crippen molar-refractivity contribution in [1.82, 2.24) is 14.8 Å². The van der Waals surface area contributed by atoms with Crippen molar-refractivity contribution in [3.05, 3.63) is 134 Å². The molecule has 0 unspecified atom stereocenters. The van der Waals surface area contributed by atoms with E-state index in [1.807, 2.05) is 50.4 Å². The van der Waals surface area contributed by atoms with Gasteiger partial charge in [0.1, 0.15) is 0 Å². The van der Waals surface area contributed by atoms with Crippen molar-refractivity contribution in [2.24, 2.45) is 0 Å². The molecule has 0 saturated heterocycles. The van der Waals surface area contributed by atoms with Crippen LogP contribution in [0, 0.1) is 77.6 Å². The van der Waals surface area contributed by atoms with Crippen LogP contribution in [0.1, 0.15) is 33.6 Å². The number of benzene rings is 1. The third-order valence-electron chi connectivity index (χ3n) is 6.08. The van der Waals surface area contributed by atoms with Gasteiger partial charge in [0.2, 0.25) is 0 Å². The van der Waals surface area contributed by atoms with E-state index in [0.29, 0.717) is 6.54 Å². The van der Waals surface area contributed by atoms with E-state index in [4.69, 9.17) is 5.10 Å². The summed E-state index contributed by atoms with van der Waals surface area (Å²) in [6.07, 6.45) is 22.5. The summed E-state index contributed by atoms with van der Waals surface area (Å²) in [5.74, 6) is 1.24. The molecule has 1 aromatic carbocycles. The number of pyridine rings is 1. The number of aromatic nitrogens is 3.